The quantitative estimate of drug-likeness (QED) is 0.258. The van der Waals surface area contributed by atoms with Crippen LogP contribution in [-0.4, -0.2) is 112 Å². The van der Waals surface area contributed by atoms with E-state index in [1.807, 2.05) is 17.0 Å². The molecule has 3 aliphatic heterocycles. The van der Waals surface area contributed by atoms with Crippen LogP contribution in [0.3, 0.4) is 0 Å². The van der Waals surface area contributed by atoms with Gasteiger partial charge in [-0.15, -0.1) is 0 Å². The Morgan fingerprint density at radius 2 is 1.68 bits per heavy atom. The van der Waals surface area contributed by atoms with E-state index in [2.05, 4.69) is 16.0 Å². The largest absolute Gasteiger partial charge is 0.497 e. The SMILES string of the molecule is COc1ccc(C[C@H](NC(=O)[C@H](C)NC(=O)CN2CCOCC2)C(=O)N[C@@H](C[C@H]2CCOC2)C(=O)[C@]2(C)CO2)cc1. The van der Waals surface area contributed by atoms with E-state index in [0.717, 1.165) is 12.0 Å². The Balaban J connectivity index is 1.43. The van der Waals surface area contributed by atoms with Crippen molar-refractivity contribution in [2.24, 2.45) is 5.92 Å². The van der Waals surface area contributed by atoms with Crippen molar-refractivity contribution in [1.82, 2.24) is 20.9 Å². The summed E-state index contributed by atoms with van der Waals surface area (Å²) in [7, 11) is 1.57. The van der Waals surface area contributed by atoms with Crippen LogP contribution in [0.15, 0.2) is 24.3 Å². The summed E-state index contributed by atoms with van der Waals surface area (Å²) in [6, 6.07) is 4.55. The number of carbonyl (C=O) groups is 4. The van der Waals surface area contributed by atoms with Crippen molar-refractivity contribution in [2.75, 3.05) is 59.8 Å². The molecule has 3 heterocycles. The van der Waals surface area contributed by atoms with Crippen molar-refractivity contribution >= 4 is 23.5 Å². The molecule has 12 heteroatoms. The minimum absolute atomic E-state index is 0.142. The molecule has 3 aliphatic rings. The van der Waals surface area contributed by atoms with Crippen molar-refractivity contribution in [2.45, 2.75) is 56.8 Å². The van der Waals surface area contributed by atoms with Crippen LogP contribution < -0.4 is 20.7 Å². The van der Waals surface area contributed by atoms with Crippen LogP contribution in [0.1, 0.15) is 32.3 Å². The van der Waals surface area contributed by atoms with Crippen molar-refractivity contribution < 1.29 is 38.1 Å². The minimum atomic E-state index is -0.988. The third-order valence-corrected chi connectivity index (χ3v) is 7.80. The second-order valence-electron chi connectivity index (χ2n) is 11.2. The predicted molar refractivity (Wildman–Crippen MR) is 148 cm³/mol. The molecular formula is C29H42N4O8. The lowest BCUT2D eigenvalue weighted by Crippen LogP contribution is -2.57. The Bertz CT molecular complexity index is 1070. The van der Waals surface area contributed by atoms with Crippen LogP contribution in [0.5, 0.6) is 5.75 Å². The molecule has 0 aliphatic carbocycles. The smallest absolute Gasteiger partial charge is 0.243 e. The molecule has 3 saturated heterocycles. The molecule has 0 saturated carbocycles. The molecule has 3 N–H and O–H groups in total. The molecule has 3 fully saturated rings. The van der Waals surface area contributed by atoms with Crippen LogP contribution in [0.4, 0.5) is 0 Å². The Morgan fingerprint density at radius 3 is 2.29 bits per heavy atom. The lowest BCUT2D eigenvalue weighted by molar-refractivity contribution is -0.134. The zero-order valence-corrected chi connectivity index (χ0v) is 24.1. The summed E-state index contributed by atoms with van der Waals surface area (Å²) >= 11 is 0. The molecule has 0 aromatic heterocycles. The number of nitrogens with one attached hydrogen (secondary N) is 3. The summed E-state index contributed by atoms with van der Waals surface area (Å²) in [5.41, 5.74) is -0.120. The predicted octanol–water partition coefficient (Wildman–Crippen LogP) is -0.171. The molecule has 1 aromatic rings. The van der Waals surface area contributed by atoms with Gasteiger partial charge in [0.1, 0.15) is 23.4 Å². The van der Waals surface area contributed by atoms with Gasteiger partial charge in [-0.3, -0.25) is 24.1 Å². The highest BCUT2D eigenvalue weighted by Gasteiger charge is 2.50. The summed E-state index contributed by atoms with van der Waals surface area (Å²) in [6.07, 6.45) is 1.42. The zero-order valence-electron chi connectivity index (χ0n) is 24.1. The van der Waals surface area contributed by atoms with Crippen molar-refractivity contribution in [3.63, 3.8) is 0 Å². The van der Waals surface area contributed by atoms with Gasteiger partial charge in [0.15, 0.2) is 5.78 Å². The average Bonchev–Trinajstić information content (AvgIpc) is 3.51. The normalized spacial score (nSPS) is 24.5. The fourth-order valence-electron chi connectivity index (χ4n) is 5.04. The molecule has 1 aromatic carbocycles. The van der Waals surface area contributed by atoms with Gasteiger partial charge in [-0.2, -0.15) is 0 Å². The number of methoxy groups -OCH3 is 1. The number of hydrogen-bond donors (Lipinski definition) is 3. The summed E-state index contributed by atoms with van der Waals surface area (Å²) in [6.45, 7) is 7.35. The summed E-state index contributed by atoms with van der Waals surface area (Å²) in [5.74, 6) is -0.648. The molecular weight excluding hydrogens is 532 g/mol. The summed E-state index contributed by atoms with van der Waals surface area (Å²) in [5, 5.41) is 8.42. The summed E-state index contributed by atoms with van der Waals surface area (Å²) in [4.78, 5) is 54.6. The first-order valence-electron chi connectivity index (χ1n) is 14.3. The monoisotopic (exact) mass is 574 g/mol. The van der Waals surface area contributed by atoms with Gasteiger partial charge >= 0.3 is 0 Å². The summed E-state index contributed by atoms with van der Waals surface area (Å²) < 4.78 is 21.4. The van der Waals surface area contributed by atoms with E-state index in [1.54, 1.807) is 33.1 Å². The molecule has 12 nitrogen and oxygen atoms in total. The molecule has 41 heavy (non-hydrogen) atoms. The van der Waals surface area contributed by atoms with E-state index < -0.39 is 35.5 Å². The van der Waals surface area contributed by atoms with Gasteiger partial charge in [0.25, 0.3) is 0 Å². The topological polar surface area (TPSA) is 148 Å². The highest BCUT2D eigenvalue weighted by atomic mass is 16.6. The van der Waals surface area contributed by atoms with Gasteiger partial charge < -0.3 is 34.9 Å². The molecule has 4 rings (SSSR count). The second-order valence-corrected chi connectivity index (χ2v) is 11.2. The number of carbonyl (C=O) groups excluding carboxylic acids is 4. The van der Waals surface area contributed by atoms with E-state index >= 15 is 0 Å². The second kappa shape index (κ2) is 14.2. The van der Waals surface area contributed by atoms with E-state index in [0.29, 0.717) is 58.3 Å². The molecule has 3 amide bonds. The van der Waals surface area contributed by atoms with Crippen LogP contribution in [0, 0.1) is 5.92 Å². The van der Waals surface area contributed by atoms with Crippen LogP contribution in [0.2, 0.25) is 0 Å². The Labute approximate surface area is 240 Å². The minimum Gasteiger partial charge on any atom is -0.497 e. The van der Waals surface area contributed by atoms with Gasteiger partial charge in [-0.05, 0) is 50.3 Å². The highest BCUT2D eigenvalue weighted by Crippen LogP contribution is 2.31. The lowest BCUT2D eigenvalue weighted by Gasteiger charge is -2.27. The third-order valence-electron chi connectivity index (χ3n) is 7.80. The van der Waals surface area contributed by atoms with E-state index in [-0.39, 0.29) is 30.6 Å². The van der Waals surface area contributed by atoms with Gasteiger partial charge in [-0.1, -0.05) is 12.1 Å². The number of rotatable bonds is 14. The van der Waals surface area contributed by atoms with Gasteiger partial charge in [0, 0.05) is 32.7 Å². The number of benzene rings is 1. The van der Waals surface area contributed by atoms with Gasteiger partial charge in [-0.25, -0.2) is 0 Å². The Morgan fingerprint density at radius 1 is 1.00 bits per heavy atom. The van der Waals surface area contributed by atoms with Crippen molar-refractivity contribution in [3.8, 4) is 5.75 Å². The van der Waals surface area contributed by atoms with E-state index in [1.165, 1.54) is 0 Å². The van der Waals surface area contributed by atoms with E-state index in [9.17, 15) is 19.2 Å². The maximum Gasteiger partial charge on any atom is 0.243 e. The first-order chi connectivity index (χ1) is 19.7. The molecule has 5 atom stereocenters. The van der Waals surface area contributed by atoms with Crippen LogP contribution in [0.25, 0.3) is 0 Å². The molecule has 0 spiro atoms. The third kappa shape index (κ3) is 8.96. The van der Waals surface area contributed by atoms with Gasteiger partial charge in [0.2, 0.25) is 17.7 Å². The number of morpholine rings is 1. The number of ether oxygens (including phenoxy) is 4. The Kier molecular flexibility index (Phi) is 10.7. The number of ketones is 1. The number of amides is 3. The molecule has 226 valence electrons. The van der Waals surface area contributed by atoms with Crippen molar-refractivity contribution in [1.29, 1.82) is 0 Å². The van der Waals surface area contributed by atoms with Crippen molar-refractivity contribution in [3.05, 3.63) is 29.8 Å². The maximum atomic E-state index is 13.7. The fourth-order valence-corrected chi connectivity index (χ4v) is 5.04. The first-order valence-corrected chi connectivity index (χ1v) is 14.3. The number of nitrogens with zero attached hydrogens (tertiary/aromatic N) is 1. The Hall–Kier alpha value is -3.06. The number of hydrogen-bond acceptors (Lipinski definition) is 9. The first kappa shape index (κ1) is 30.9. The molecule has 0 bridgehead atoms. The van der Waals surface area contributed by atoms with Gasteiger partial charge in [0.05, 0.1) is 39.5 Å². The van der Waals surface area contributed by atoms with E-state index in [4.69, 9.17) is 18.9 Å². The molecule has 0 unspecified atom stereocenters. The average molecular weight is 575 g/mol. The van der Waals surface area contributed by atoms with Crippen LogP contribution in [-0.2, 0) is 39.8 Å². The lowest BCUT2D eigenvalue weighted by atomic mass is 9.91. The zero-order chi connectivity index (χ0) is 29.4. The van der Waals surface area contributed by atoms with Crippen LogP contribution >= 0.6 is 0 Å². The highest BCUT2D eigenvalue weighted by molar-refractivity contribution is 5.98. The number of Topliss-reactive ketones (excluding diaryl/α,β-unsaturated/α-hetero) is 1. The fraction of sp³-hybridized carbons (Fsp3) is 0.655. The standard InChI is InChI=1S/C29H42N4O8/c1-19(30-25(34)16-33-9-12-39-13-10-33)27(36)32-24(14-20-4-6-22(38-3)7-5-20)28(37)31-23(15-21-8-11-40-17-21)26(35)29(2)18-41-29/h4-7,19,21,23-24H,8-18H2,1-3H3,(H,30,34)(H,31,37)(H,32,36)/t19-,21+,23-,24-,29-/m0/s1. The maximum absolute atomic E-state index is 13.7. The molecule has 0 radical (unpaired) electrons. The number of epoxide rings is 1.